The molecule has 0 saturated heterocycles. The van der Waals surface area contributed by atoms with E-state index in [0.717, 1.165) is 29.9 Å². The average molecular weight is 327 g/mol. The second-order valence-electron chi connectivity index (χ2n) is 5.71. The van der Waals surface area contributed by atoms with Gasteiger partial charge in [0.2, 0.25) is 0 Å². The number of furan rings is 1. The van der Waals surface area contributed by atoms with E-state index in [4.69, 9.17) is 4.42 Å². The molecule has 0 bridgehead atoms. The first-order chi connectivity index (χ1) is 11.7. The maximum absolute atomic E-state index is 13.2. The van der Waals surface area contributed by atoms with Gasteiger partial charge in [0.1, 0.15) is 17.4 Å². The summed E-state index contributed by atoms with van der Waals surface area (Å²) in [4.78, 5) is 0. The smallest absolute Gasteiger partial charge is 0.123 e. The first-order valence-electron chi connectivity index (χ1n) is 7.96. The Hall–Kier alpha value is -2.46. The van der Waals surface area contributed by atoms with Crippen LogP contribution in [0.4, 0.5) is 8.78 Å². The molecule has 0 spiro atoms. The van der Waals surface area contributed by atoms with Crippen LogP contribution in [0, 0.1) is 11.6 Å². The molecule has 1 N–H and O–H groups in total. The van der Waals surface area contributed by atoms with Crippen molar-refractivity contribution in [3.63, 3.8) is 0 Å². The van der Waals surface area contributed by atoms with Crippen molar-refractivity contribution in [1.29, 1.82) is 0 Å². The molecule has 0 saturated carbocycles. The summed E-state index contributed by atoms with van der Waals surface area (Å²) in [5.41, 5.74) is 2.06. The fourth-order valence-corrected chi connectivity index (χ4v) is 2.74. The minimum atomic E-state index is -0.244. The lowest BCUT2D eigenvalue weighted by molar-refractivity contribution is 0.466. The van der Waals surface area contributed by atoms with Crippen molar-refractivity contribution in [1.82, 2.24) is 5.32 Å². The van der Waals surface area contributed by atoms with Crippen LogP contribution in [0.5, 0.6) is 0 Å². The van der Waals surface area contributed by atoms with Crippen LogP contribution in [0.3, 0.4) is 0 Å². The van der Waals surface area contributed by atoms with Gasteiger partial charge in [-0.2, -0.15) is 0 Å². The quantitative estimate of drug-likeness (QED) is 0.626. The maximum Gasteiger partial charge on any atom is 0.123 e. The van der Waals surface area contributed by atoms with Gasteiger partial charge in [0.15, 0.2) is 0 Å². The van der Waals surface area contributed by atoms with Crippen LogP contribution in [0.25, 0.3) is 0 Å². The molecule has 0 amide bonds. The highest BCUT2D eigenvalue weighted by Gasteiger charge is 2.16. The van der Waals surface area contributed by atoms with E-state index in [1.165, 1.54) is 24.3 Å². The van der Waals surface area contributed by atoms with Crippen LogP contribution in [0.2, 0.25) is 0 Å². The summed E-state index contributed by atoms with van der Waals surface area (Å²) >= 11 is 0. The van der Waals surface area contributed by atoms with Gasteiger partial charge < -0.3 is 9.73 Å². The number of hydrogen-bond acceptors (Lipinski definition) is 2. The van der Waals surface area contributed by atoms with Crippen molar-refractivity contribution >= 4 is 0 Å². The monoisotopic (exact) mass is 327 g/mol. The molecule has 2 nitrogen and oxygen atoms in total. The Morgan fingerprint density at radius 3 is 2.17 bits per heavy atom. The van der Waals surface area contributed by atoms with E-state index >= 15 is 0 Å². The number of rotatable bonds is 7. The summed E-state index contributed by atoms with van der Waals surface area (Å²) in [7, 11) is 0. The first kappa shape index (κ1) is 16.4. The third kappa shape index (κ3) is 4.30. The zero-order valence-electron chi connectivity index (χ0n) is 13.2. The van der Waals surface area contributed by atoms with Crippen molar-refractivity contribution in [2.24, 2.45) is 0 Å². The van der Waals surface area contributed by atoms with Crippen molar-refractivity contribution < 1.29 is 13.2 Å². The highest BCUT2D eigenvalue weighted by Crippen LogP contribution is 2.28. The van der Waals surface area contributed by atoms with Gasteiger partial charge in [-0.3, -0.25) is 0 Å². The molecular weight excluding hydrogens is 308 g/mol. The molecule has 3 rings (SSSR count). The largest absolute Gasteiger partial charge is 0.469 e. The second-order valence-corrected chi connectivity index (χ2v) is 5.71. The maximum atomic E-state index is 13.2. The number of nitrogens with one attached hydrogen (secondary N) is 1. The van der Waals surface area contributed by atoms with Crippen molar-refractivity contribution in [3.8, 4) is 0 Å². The molecule has 0 fully saturated rings. The van der Waals surface area contributed by atoms with Gasteiger partial charge in [0.05, 0.1) is 6.26 Å². The molecule has 1 aromatic heterocycles. The van der Waals surface area contributed by atoms with Crippen LogP contribution in [0.1, 0.15) is 29.2 Å². The Morgan fingerprint density at radius 1 is 0.875 bits per heavy atom. The van der Waals surface area contributed by atoms with Crippen LogP contribution >= 0.6 is 0 Å². The van der Waals surface area contributed by atoms with Crippen molar-refractivity contribution in [2.45, 2.75) is 18.9 Å². The standard InChI is InChI=1S/C20H19F2NO/c21-17-7-3-15(4-8-17)14-23-12-11-19(20-2-1-13-24-20)16-5-9-18(22)10-6-16/h1-10,13,19,23H,11-12,14H2/t19-/m0/s1. The van der Waals surface area contributed by atoms with Crippen LogP contribution < -0.4 is 5.32 Å². The molecule has 1 atom stereocenters. The lowest BCUT2D eigenvalue weighted by atomic mass is 9.93. The Kier molecular flexibility index (Phi) is 5.39. The fraction of sp³-hybridized carbons (Fsp3) is 0.200. The third-order valence-corrected chi connectivity index (χ3v) is 4.01. The van der Waals surface area contributed by atoms with Crippen molar-refractivity contribution in [3.05, 3.63) is 95.4 Å². The lowest BCUT2D eigenvalue weighted by Crippen LogP contribution is -2.17. The molecule has 1 heterocycles. The van der Waals surface area contributed by atoms with E-state index in [9.17, 15) is 8.78 Å². The Morgan fingerprint density at radius 2 is 1.54 bits per heavy atom. The molecule has 2 aromatic carbocycles. The van der Waals surface area contributed by atoms with E-state index in [0.29, 0.717) is 6.54 Å². The number of halogens is 2. The predicted octanol–water partition coefficient (Wildman–Crippen LogP) is 4.87. The van der Waals surface area contributed by atoms with E-state index in [1.807, 2.05) is 12.1 Å². The number of benzene rings is 2. The normalized spacial score (nSPS) is 12.2. The molecule has 0 aliphatic rings. The highest BCUT2D eigenvalue weighted by molar-refractivity contribution is 5.27. The summed E-state index contributed by atoms with van der Waals surface area (Å²) in [5.74, 6) is 0.464. The lowest BCUT2D eigenvalue weighted by Gasteiger charge is -2.16. The van der Waals surface area contributed by atoms with Gasteiger partial charge >= 0.3 is 0 Å². The number of hydrogen-bond donors (Lipinski definition) is 1. The van der Waals surface area contributed by atoms with Gasteiger partial charge in [-0.05, 0) is 60.5 Å². The molecule has 124 valence electrons. The molecule has 0 aliphatic carbocycles. The topological polar surface area (TPSA) is 25.2 Å². The van der Waals surface area contributed by atoms with Gasteiger partial charge in [0, 0.05) is 12.5 Å². The summed E-state index contributed by atoms with van der Waals surface area (Å²) in [6, 6.07) is 16.8. The molecular formula is C20H19F2NO. The molecule has 0 radical (unpaired) electrons. The molecule has 3 aromatic rings. The summed E-state index contributed by atoms with van der Waals surface area (Å²) in [5, 5.41) is 3.36. The summed E-state index contributed by atoms with van der Waals surface area (Å²) in [6.45, 7) is 1.44. The average Bonchev–Trinajstić information content (AvgIpc) is 3.12. The van der Waals surface area contributed by atoms with E-state index in [1.54, 1.807) is 30.5 Å². The first-order valence-corrected chi connectivity index (χ1v) is 7.96. The summed E-state index contributed by atoms with van der Waals surface area (Å²) in [6.07, 6.45) is 2.47. The van der Waals surface area contributed by atoms with Gasteiger partial charge in [-0.1, -0.05) is 24.3 Å². The Balaban J connectivity index is 1.60. The zero-order valence-corrected chi connectivity index (χ0v) is 13.2. The molecule has 0 aliphatic heterocycles. The van der Waals surface area contributed by atoms with Crippen LogP contribution in [-0.2, 0) is 6.54 Å². The summed E-state index contributed by atoms with van der Waals surface area (Å²) < 4.78 is 31.6. The van der Waals surface area contributed by atoms with Crippen LogP contribution in [0.15, 0.2) is 71.3 Å². The SMILES string of the molecule is Fc1ccc(CNCC[C@@H](c2ccc(F)cc2)c2ccco2)cc1. The van der Waals surface area contributed by atoms with E-state index in [-0.39, 0.29) is 17.6 Å². The molecule has 24 heavy (non-hydrogen) atoms. The van der Waals surface area contributed by atoms with Crippen LogP contribution in [-0.4, -0.2) is 6.54 Å². The third-order valence-electron chi connectivity index (χ3n) is 4.01. The molecule has 0 unspecified atom stereocenters. The van der Waals surface area contributed by atoms with Gasteiger partial charge in [-0.15, -0.1) is 0 Å². The zero-order chi connectivity index (χ0) is 16.8. The fourth-order valence-electron chi connectivity index (χ4n) is 2.74. The van der Waals surface area contributed by atoms with E-state index in [2.05, 4.69) is 5.32 Å². The Labute approximate surface area is 140 Å². The Bertz CT molecular complexity index is 736. The van der Waals surface area contributed by atoms with E-state index < -0.39 is 0 Å². The second kappa shape index (κ2) is 7.88. The minimum absolute atomic E-state index is 0.0707. The highest BCUT2D eigenvalue weighted by atomic mass is 19.1. The predicted molar refractivity (Wildman–Crippen MR) is 89.7 cm³/mol. The van der Waals surface area contributed by atoms with Gasteiger partial charge in [0.25, 0.3) is 0 Å². The molecule has 4 heteroatoms. The van der Waals surface area contributed by atoms with Gasteiger partial charge in [-0.25, -0.2) is 8.78 Å². The van der Waals surface area contributed by atoms with Crippen molar-refractivity contribution in [2.75, 3.05) is 6.54 Å². The minimum Gasteiger partial charge on any atom is -0.469 e.